The number of aryl methyl sites for hydroxylation is 2. The number of hydrogen-bond acceptors (Lipinski definition) is 3. The number of allylic oxidation sites excluding steroid dienone is 5. The van der Waals surface area contributed by atoms with Crippen LogP contribution < -0.4 is 5.56 Å². The third-order valence-electron chi connectivity index (χ3n) is 4.56. The molecule has 25 heavy (non-hydrogen) atoms. The van der Waals surface area contributed by atoms with Gasteiger partial charge in [0.05, 0.1) is 11.7 Å². The summed E-state index contributed by atoms with van der Waals surface area (Å²) >= 11 is 0. The molecule has 5 nitrogen and oxygen atoms in total. The minimum atomic E-state index is -0.103. The first-order valence-electron chi connectivity index (χ1n) is 8.84. The highest BCUT2D eigenvalue weighted by Gasteiger charge is 2.18. The van der Waals surface area contributed by atoms with Gasteiger partial charge >= 0.3 is 0 Å². The molecule has 3 rings (SSSR count). The van der Waals surface area contributed by atoms with Gasteiger partial charge in [0, 0.05) is 0 Å². The first-order valence-corrected chi connectivity index (χ1v) is 8.84. The van der Waals surface area contributed by atoms with Gasteiger partial charge in [0.25, 0.3) is 5.56 Å². The summed E-state index contributed by atoms with van der Waals surface area (Å²) in [6.45, 7) is 5.84. The Labute approximate surface area is 147 Å². The predicted octanol–water partition coefficient (Wildman–Crippen LogP) is 4.07. The van der Waals surface area contributed by atoms with Crippen LogP contribution in [0.3, 0.4) is 0 Å². The van der Waals surface area contributed by atoms with Gasteiger partial charge in [-0.15, -0.1) is 5.73 Å². The molecule has 0 aliphatic heterocycles. The second-order valence-corrected chi connectivity index (χ2v) is 6.44. The molecule has 0 saturated carbocycles. The van der Waals surface area contributed by atoms with Crippen LogP contribution in [-0.4, -0.2) is 19.7 Å². The highest BCUT2D eigenvalue weighted by molar-refractivity contribution is 5.77. The summed E-state index contributed by atoms with van der Waals surface area (Å²) in [4.78, 5) is 19.5. The standard InChI is InChI=1S/C20H24N4O/c1-4-17(13-9-12-16-10-7-5-6-8-11-16)24-19-18(14(2)23-24)20(25)22-15(3)21-19/h5-7,10-11,17H,4,9,12-13H2,1-3H3,(H,21,22,25). The number of H-pyrrole nitrogens is 1. The number of hydrogen-bond donors (Lipinski definition) is 1. The number of rotatable bonds is 6. The highest BCUT2D eigenvalue weighted by atomic mass is 16.1. The smallest absolute Gasteiger partial charge is 0.262 e. The van der Waals surface area contributed by atoms with E-state index in [1.54, 1.807) is 6.92 Å². The Hall–Kier alpha value is -2.65. The second kappa shape index (κ2) is 7.49. The molecule has 130 valence electrons. The van der Waals surface area contributed by atoms with E-state index in [1.165, 1.54) is 5.57 Å². The van der Waals surface area contributed by atoms with Crippen LogP contribution in [0.2, 0.25) is 0 Å². The van der Waals surface area contributed by atoms with Crippen LogP contribution in [-0.2, 0) is 0 Å². The normalized spacial score (nSPS) is 14.8. The Bertz CT molecular complexity index is 952. The average Bonchev–Trinajstić information content (AvgIpc) is 2.75. The summed E-state index contributed by atoms with van der Waals surface area (Å²) < 4.78 is 1.95. The predicted molar refractivity (Wildman–Crippen MR) is 101 cm³/mol. The number of aromatic nitrogens is 4. The Morgan fingerprint density at radius 3 is 2.96 bits per heavy atom. The lowest BCUT2D eigenvalue weighted by molar-refractivity contribution is 0.410. The number of aromatic amines is 1. The molecule has 0 spiro atoms. The van der Waals surface area contributed by atoms with Crippen molar-refractivity contribution in [3.05, 3.63) is 63.6 Å². The van der Waals surface area contributed by atoms with Gasteiger partial charge in [0.1, 0.15) is 11.2 Å². The van der Waals surface area contributed by atoms with Crippen molar-refractivity contribution in [3.63, 3.8) is 0 Å². The monoisotopic (exact) mass is 336 g/mol. The van der Waals surface area contributed by atoms with Crippen LogP contribution in [0.15, 0.2) is 46.5 Å². The van der Waals surface area contributed by atoms with Crippen molar-refractivity contribution in [1.82, 2.24) is 19.7 Å². The Morgan fingerprint density at radius 2 is 2.16 bits per heavy atom. The number of nitrogens with one attached hydrogen (secondary N) is 1. The molecule has 2 heterocycles. The zero-order valence-corrected chi connectivity index (χ0v) is 15.0. The molecule has 0 bridgehead atoms. The third kappa shape index (κ3) is 3.72. The van der Waals surface area contributed by atoms with Crippen LogP contribution in [0, 0.1) is 13.8 Å². The summed E-state index contributed by atoms with van der Waals surface area (Å²) in [6, 6.07) is 0.242. The van der Waals surface area contributed by atoms with Gasteiger partial charge in [-0.3, -0.25) is 4.79 Å². The van der Waals surface area contributed by atoms with Gasteiger partial charge in [0.2, 0.25) is 0 Å². The van der Waals surface area contributed by atoms with E-state index in [0.717, 1.165) is 31.4 Å². The zero-order chi connectivity index (χ0) is 17.8. The van der Waals surface area contributed by atoms with E-state index in [4.69, 9.17) is 0 Å². The van der Waals surface area contributed by atoms with E-state index in [0.29, 0.717) is 16.9 Å². The maximum Gasteiger partial charge on any atom is 0.262 e. The van der Waals surface area contributed by atoms with E-state index >= 15 is 0 Å². The zero-order valence-electron chi connectivity index (χ0n) is 15.0. The molecule has 5 heteroatoms. The lowest BCUT2D eigenvalue weighted by Crippen LogP contribution is -2.14. The molecule has 2 aromatic rings. The van der Waals surface area contributed by atoms with E-state index in [1.807, 2.05) is 35.9 Å². The molecule has 2 aromatic heterocycles. The maximum absolute atomic E-state index is 12.2. The quantitative estimate of drug-likeness (QED) is 0.809. The molecule has 0 aromatic carbocycles. The fourth-order valence-corrected chi connectivity index (χ4v) is 3.27. The van der Waals surface area contributed by atoms with Crippen LogP contribution in [0.5, 0.6) is 0 Å². The average molecular weight is 336 g/mol. The molecule has 1 atom stereocenters. The summed E-state index contributed by atoms with van der Waals surface area (Å²) in [5, 5.41) is 5.23. The molecule has 0 amide bonds. The maximum atomic E-state index is 12.2. The molecule has 0 fully saturated rings. The highest BCUT2D eigenvalue weighted by Crippen LogP contribution is 2.25. The summed E-state index contributed by atoms with van der Waals surface area (Å²) in [5.41, 5.74) is 5.77. The minimum absolute atomic E-state index is 0.103. The van der Waals surface area contributed by atoms with E-state index in [-0.39, 0.29) is 11.6 Å². The first-order chi connectivity index (χ1) is 12.1. The number of nitrogens with zero attached hydrogens (tertiary/aromatic N) is 3. The summed E-state index contributed by atoms with van der Waals surface area (Å²) in [7, 11) is 0. The van der Waals surface area contributed by atoms with Gasteiger partial charge < -0.3 is 4.98 Å². The van der Waals surface area contributed by atoms with Crippen molar-refractivity contribution < 1.29 is 0 Å². The molecule has 0 radical (unpaired) electrons. The topological polar surface area (TPSA) is 63.6 Å². The lowest BCUT2D eigenvalue weighted by Gasteiger charge is -2.16. The largest absolute Gasteiger partial charge is 0.310 e. The molecular formula is C20H24N4O. The molecular weight excluding hydrogens is 312 g/mol. The molecule has 1 aliphatic carbocycles. The van der Waals surface area contributed by atoms with Crippen LogP contribution in [0.4, 0.5) is 0 Å². The fourth-order valence-electron chi connectivity index (χ4n) is 3.27. The Balaban J connectivity index is 1.81. The van der Waals surface area contributed by atoms with Crippen LogP contribution in [0.1, 0.15) is 50.2 Å². The SMILES string of the molecule is CCC(CCCC1=CC=CC=C=C1)n1nc(C)c2c(=O)[nH]c(C)nc21. The molecule has 0 saturated heterocycles. The third-order valence-corrected chi connectivity index (χ3v) is 4.56. The van der Waals surface area contributed by atoms with E-state index < -0.39 is 0 Å². The fraction of sp³-hybridized carbons (Fsp3) is 0.400. The van der Waals surface area contributed by atoms with Crippen molar-refractivity contribution in [2.24, 2.45) is 0 Å². The van der Waals surface area contributed by atoms with Crippen LogP contribution in [0.25, 0.3) is 11.0 Å². The second-order valence-electron chi connectivity index (χ2n) is 6.44. The van der Waals surface area contributed by atoms with Crippen molar-refractivity contribution in [2.75, 3.05) is 0 Å². The van der Waals surface area contributed by atoms with E-state index in [9.17, 15) is 4.79 Å². The van der Waals surface area contributed by atoms with Gasteiger partial charge in [-0.05, 0) is 57.3 Å². The first kappa shape index (κ1) is 17.2. The summed E-state index contributed by atoms with van der Waals surface area (Å²) in [5.74, 6) is 0.626. The van der Waals surface area contributed by atoms with Gasteiger partial charge in [-0.1, -0.05) is 25.2 Å². The van der Waals surface area contributed by atoms with Crippen molar-refractivity contribution in [1.29, 1.82) is 0 Å². The van der Waals surface area contributed by atoms with Crippen LogP contribution >= 0.6 is 0 Å². The molecule has 1 aliphatic rings. The van der Waals surface area contributed by atoms with Crippen molar-refractivity contribution in [2.45, 2.75) is 52.5 Å². The summed E-state index contributed by atoms with van der Waals surface area (Å²) in [6.07, 6.45) is 14.1. The molecule has 1 unspecified atom stereocenters. The Morgan fingerprint density at radius 1 is 1.32 bits per heavy atom. The molecule has 1 N–H and O–H groups in total. The van der Waals surface area contributed by atoms with Gasteiger partial charge in [0.15, 0.2) is 5.65 Å². The minimum Gasteiger partial charge on any atom is -0.310 e. The number of fused-ring (bicyclic) bond motifs is 1. The van der Waals surface area contributed by atoms with E-state index in [2.05, 4.69) is 33.8 Å². The van der Waals surface area contributed by atoms with Crippen molar-refractivity contribution >= 4 is 11.0 Å². The van der Waals surface area contributed by atoms with Crippen molar-refractivity contribution in [3.8, 4) is 0 Å². The van der Waals surface area contributed by atoms with Gasteiger partial charge in [-0.25, -0.2) is 9.67 Å². The Kier molecular flexibility index (Phi) is 5.15. The lowest BCUT2D eigenvalue weighted by atomic mass is 10.0. The van der Waals surface area contributed by atoms with Gasteiger partial charge in [-0.2, -0.15) is 5.10 Å².